The van der Waals surface area contributed by atoms with Gasteiger partial charge < -0.3 is 4.90 Å². The van der Waals surface area contributed by atoms with Gasteiger partial charge in [0.05, 0.1) is 10.2 Å². The SMILES string of the molecule is CC1(C)c2ccccc2-c2ccc(N(c3ccccc3)c3ccc4sc(-c5ccccc5)nc4c3)cc21. The first-order chi connectivity index (χ1) is 18.1. The Hall–Kier alpha value is -4.21. The van der Waals surface area contributed by atoms with E-state index in [1.165, 1.54) is 27.0 Å². The highest BCUT2D eigenvalue weighted by molar-refractivity contribution is 7.21. The molecule has 0 radical (unpaired) electrons. The van der Waals surface area contributed by atoms with Crippen LogP contribution >= 0.6 is 11.3 Å². The van der Waals surface area contributed by atoms with Crippen LogP contribution in [0.4, 0.5) is 17.1 Å². The summed E-state index contributed by atoms with van der Waals surface area (Å²) in [5.74, 6) is 0. The Bertz CT molecular complexity index is 1750. The van der Waals surface area contributed by atoms with Crippen molar-refractivity contribution in [1.29, 1.82) is 0 Å². The summed E-state index contributed by atoms with van der Waals surface area (Å²) in [5.41, 5.74) is 11.0. The molecule has 5 aromatic carbocycles. The van der Waals surface area contributed by atoms with Crippen molar-refractivity contribution in [1.82, 2.24) is 4.98 Å². The van der Waals surface area contributed by atoms with E-state index in [0.717, 1.165) is 33.1 Å². The van der Waals surface area contributed by atoms with Crippen molar-refractivity contribution in [3.05, 3.63) is 132 Å². The Kier molecular flexibility index (Phi) is 5.02. The van der Waals surface area contributed by atoms with Crippen LogP contribution in [-0.4, -0.2) is 4.98 Å². The topological polar surface area (TPSA) is 16.1 Å². The van der Waals surface area contributed by atoms with Crippen LogP contribution < -0.4 is 4.90 Å². The second-order valence-electron chi connectivity index (χ2n) is 10.1. The zero-order valence-corrected chi connectivity index (χ0v) is 21.7. The van der Waals surface area contributed by atoms with E-state index >= 15 is 0 Å². The van der Waals surface area contributed by atoms with Crippen molar-refractivity contribution in [3.63, 3.8) is 0 Å². The molecule has 0 amide bonds. The summed E-state index contributed by atoms with van der Waals surface area (Å²) >= 11 is 1.74. The minimum absolute atomic E-state index is 0.0479. The lowest BCUT2D eigenvalue weighted by atomic mass is 9.82. The Morgan fingerprint density at radius 3 is 2.05 bits per heavy atom. The molecule has 7 rings (SSSR count). The van der Waals surface area contributed by atoms with Gasteiger partial charge in [-0.1, -0.05) is 92.7 Å². The zero-order valence-electron chi connectivity index (χ0n) is 20.8. The molecule has 6 aromatic rings. The molecular formula is C34H26N2S. The molecule has 1 aliphatic carbocycles. The van der Waals surface area contributed by atoms with Gasteiger partial charge in [-0.15, -0.1) is 11.3 Å². The fourth-order valence-electron chi connectivity index (χ4n) is 5.61. The average molecular weight is 495 g/mol. The number of nitrogens with zero attached hydrogens (tertiary/aromatic N) is 2. The van der Waals surface area contributed by atoms with Crippen molar-refractivity contribution >= 4 is 38.6 Å². The summed E-state index contributed by atoms with van der Waals surface area (Å²) in [6.45, 7) is 4.67. The summed E-state index contributed by atoms with van der Waals surface area (Å²) in [5, 5.41) is 1.05. The van der Waals surface area contributed by atoms with Crippen molar-refractivity contribution < 1.29 is 0 Å². The maximum absolute atomic E-state index is 5.01. The molecule has 0 aliphatic heterocycles. The van der Waals surface area contributed by atoms with Crippen LogP contribution in [0, 0.1) is 0 Å². The standard InChI is InChI=1S/C34H26N2S/c1-34(2)29-16-10-9-15-27(29)28-19-17-25(21-30(28)34)36(24-13-7-4-8-14-24)26-18-20-32-31(22-26)35-33(37-32)23-11-5-3-6-12-23/h3-22H,1-2H3. The summed E-state index contributed by atoms with van der Waals surface area (Å²) in [6, 6.07) is 43.4. The molecule has 0 N–H and O–H groups in total. The Balaban J connectivity index is 1.38. The molecule has 0 fully saturated rings. The normalized spacial score (nSPS) is 13.4. The quantitative estimate of drug-likeness (QED) is 0.242. The predicted octanol–water partition coefficient (Wildman–Crippen LogP) is 9.74. The van der Waals surface area contributed by atoms with Gasteiger partial charge in [0.2, 0.25) is 0 Å². The lowest BCUT2D eigenvalue weighted by Crippen LogP contribution is -2.16. The van der Waals surface area contributed by atoms with E-state index in [9.17, 15) is 0 Å². The van der Waals surface area contributed by atoms with Crippen LogP contribution in [0.5, 0.6) is 0 Å². The molecule has 2 nitrogen and oxygen atoms in total. The molecule has 1 heterocycles. The van der Waals surface area contributed by atoms with Crippen LogP contribution in [0.2, 0.25) is 0 Å². The van der Waals surface area contributed by atoms with Gasteiger partial charge in [0, 0.05) is 28.0 Å². The molecule has 0 saturated carbocycles. The first-order valence-corrected chi connectivity index (χ1v) is 13.5. The molecule has 0 spiro atoms. The second-order valence-corrected chi connectivity index (χ2v) is 11.1. The number of hydrogen-bond donors (Lipinski definition) is 0. The van der Waals surface area contributed by atoms with Gasteiger partial charge in [-0.3, -0.25) is 0 Å². The van der Waals surface area contributed by atoms with Crippen LogP contribution in [-0.2, 0) is 5.41 Å². The van der Waals surface area contributed by atoms with E-state index < -0.39 is 0 Å². The number of anilines is 3. The number of para-hydroxylation sites is 1. The van der Waals surface area contributed by atoms with Crippen LogP contribution in [0.25, 0.3) is 31.9 Å². The maximum Gasteiger partial charge on any atom is 0.124 e. The van der Waals surface area contributed by atoms with Gasteiger partial charge in [-0.05, 0) is 64.7 Å². The number of fused-ring (bicyclic) bond motifs is 4. The van der Waals surface area contributed by atoms with Gasteiger partial charge in [0.1, 0.15) is 5.01 Å². The summed E-state index contributed by atoms with van der Waals surface area (Å²) in [6.07, 6.45) is 0. The number of benzene rings is 5. The minimum Gasteiger partial charge on any atom is -0.310 e. The largest absolute Gasteiger partial charge is 0.310 e. The van der Waals surface area contributed by atoms with Gasteiger partial charge in [-0.2, -0.15) is 0 Å². The van der Waals surface area contributed by atoms with E-state index in [1.54, 1.807) is 11.3 Å². The lowest BCUT2D eigenvalue weighted by molar-refractivity contribution is 0.660. The van der Waals surface area contributed by atoms with E-state index in [0.29, 0.717) is 0 Å². The summed E-state index contributed by atoms with van der Waals surface area (Å²) in [4.78, 5) is 7.36. The Morgan fingerprint density at radius 2 is 1.24 bits per heavy atom. The molecule has 0 atom stereocenters. The van der Waals surface area contributed by atoms with E-state index in [1.807, 2.05) is 6.07 Å². The van der Waals surface area contributed by atoms with Gasteiger partial charge in [0.15, 0.2) is 0 Å². The Morgan fingerprint density at radius 1 is 0.595 bits per heavy atom. The fourth-order valence-corrected chi connectivity index (χ4v) is 6.57. The zero-order chi connectivity index (χ0) is 25.0. The first-order valence-electron chi connectivity index (χ1n) is 12.7. The second kappa shape index (κ2) is 8.43. The number of rotatable bonds is 4. The number of hydrogen-bond acceptors (Lipinski definition) is 3. The molecule has 1 aromatic heterocycles. The highest BCUT2D eigenvalue weighted by Gasteiger charge is 2.35. The monoisotopic (exact) mass is 494 g/mol. The number of aromatic nitrogens is 1. The molecule has 1 aliphatic rings. The van der Waals surface area contributed by atoms with Crippen LogP contribution in [0.1, 0.15) is 25.0 Å². The molecule has 3 heteroatoms. The van der Waals surface area contributed by atoms with Gasteiger partial charge in [0.25, 0.3) is 0 Å². The molecule has 0 unspecified atom stereocenters. The van der Waals surface area contributed by atoms with Crippen molar-refractivity contribution in [2.75, 3.05) is 4.90 Å². The van der Waals surface area contributed by atoms with Crippen LogP contribution in [0.3, 0.4) is 0 Å². The molecule has 0 bridgehead atoms. The van der Waals surface area contributed by atoms with Crippen molar-refractivity contribution in [2.45, 2.75) is 19.3 Å². The number of thiazole rings is 1. The van der Waals surface area contributed by atoms with Crippen molar-refractivity contribution in [3.8, 4) is 21.7 Å². The Labute approximate surface area is 221 Å². The highest BCUT2D eigenvalue weighted by atomic mass is 32.1. The van der Waals surface area contributed by atoms with E-state index in [4.69, 9.17) is 4.98 Å². The lowest BCUT2D eigenvalue weighted by Gasteiger charge is -2.28. The summed E-state index contributed by atoms with van der Waals surface area (Å²) in [7, 11) is 0. The third-order valence-electron chi connectivity index (χ3n) is 7.49. The molecular weight excluding hydrogens is 468 g/mol. The minimum atomic E-state index is -0.0479. The smallest absolute Gasteiger partial charge is 0.124 e. The first kappa shape index (κ1) is 22.0. The summed E-state index contributed by atoms with van der Waals surface area (Å²) < 4.78 is 1.20. The molecule has 178 valence electrons. The molecule has 0 saturated heterocycles. The predicted molar refractivity (Wildman–Crippen MR) is 157 cm³/mol. The maximum atomic E-state index is 5.01. The molecule has 37 heavy (non-hydrogen) atoms. The third kappa shape index (κ3) is 3.58. The van der Waals surface area contributed by atoms with E-state index in [2.05, 4.69) is 134 Å². The average Bonchev–Trinajstić information content (AvgIpc) is 3.47. The third-order valence-corrected chi connectivity index (χ3v) is 8.58. The van der Waals surface area contributed by atoms with E-state index in [-0.39, 0.29) is 5.41 Å². The highest BCUT2D eigenvalue weighted by Crippen LogP contribution is 2.50. The fraction of sp³-hybridized carbons (Fsp3) is 0.0882. The van der Waals surface area contributed by atoms with Gasteiger partial charge in [-0.25, -0.2) is 4.98 Å². The van der Waals surface area contributed by atoms with Crippen LogP contribution in [0.15, 0.2) is 121 Å². The van der Waals surface area contributed by atoms with Gasteiger partial charge >= 0.3 is 0 Å². The van der Waals surface area contributed by atoms with Crippen molar-refractivity contribution in [2.24, 2.45) is 0 Å².